The van der Waals surface area contributed by atoms with Crippen LogP contribution in [-0.2, 0) is 4.79 Å². The Labute approximate surface area is 155 Å². The van der Waals surface area contributed by atoms with Crippen LogP contribution in [0.3, 0.4) is 0 Å². The van der Waals surface area contributed by atoms with Crippen LogP contribution in [-0.4, -0.2) is 22.8 Å². The molecular formula is C16H14Br2N2O4. The van der Waals surface area contributed by atoms with E-state index < -0.39 is 9.75 Å². The molecule has 6 nitrogen and oxygen atoms in total. The van der Waals surface area contributed by atoms with Crippen molar-refractivity contribution in [3.63, 3.8) is 0 Å². The van der Waals surface area contributed by atoms with Crippen molar-refractivity contribution in [1.29, 1.82) is 0 Å². The molecule has 0 saturated heterocycles. The minimum atomic E-state index is -0.542. The summed E-state index contributed by atoms with van der Waals surface area (Å²) in [6.45, 7) is 0. The van der Waals surface area contributed by atoms with E-state index in [9.17, 15) is 14.9 Å². The third-order valence-electron chi connectivity index (χ3n) is 3.28. The monoisotopic (exact) mass is 456 g/mol. The second-order valence-corrected chi connectivity index (χ2v) is 6.82. The average molecular weight is 458 g/mol. The van der Waals surface area contributed by atoms with Crippen molar-refractivity contribution >= 4 is 49.1 Å². The molecule has 8 heteroatoms. The highest BCUT2D eigenvalue weighted by atomic mass is 79.9. The van der Waals surface area contributed by atoms with E-state index in [1.165, 1.54) is 25.3 Å². The first-order valence-corrected chi connectivity index (χ1v) is 8.73. The van der Waals surface area contributed by atoms with E-state index >= 15 is 0 Å². The van der Waals surface area contributed by atoms with Crippen molar-refractivity contribution in [2.24, 2.45) is 0 Å². The van der Waals surface area contributed by atoms with Crippen molar-refractivity contribution in [2.75, 3.05) is 12.4 Å². The molecule has 1 N–H and O–H groups in total. The van der Waals surface area contributed by atoms with Gasteiger partial charge in [0.1, 0.15) is 10.6 Å². The molecule has 0 unspecified atom stereocenters. The fourth-order valence-electron chi connectivity index (χ4n) is 2.04. The number of benzene rings is 2. The van der Waals surface area contributed by atoms with Crippen LogP contribution in [0.25, 0.3) is 0 Å². The lowest BCUT2D eigenvalue weighted by atomic mass is 10.1. The van der Waals surface area contributed by atoms with Crippen LogP contribution in [0.5, 0.6) is 5.75 Å². The Kier molecular flexibility index (Phi) is 6.33. The van der Waals surface area contributed by atoms with Gasteiger partial charge in [-0.05, 0) is 11.6 Å². The van der Waals surface area contributed by atoms with Crippen LogP contribution in [0.15, 0.2) is 48.5 Å². The fourth-order valence-corrected chi connectivity index (χ4v) is 3.00. The zero-order valence-electron chi connectivity index (χ0n) is 12.6. The number of hydrogen-bond donors (Lipinski definition) is 1. The van der Waals surface area contributed by atoms with Gasteiger partial charge >= 0.3 is 0 Å². The van der Waals surface area contributed by atoms with Gasteiger partial charge in [0.05, 0.1) is 28.6 Å². The molecular weight excluding hydrogens is 444 g/mol. The summed E-state index contributed by atoms with van der Waals surface area (Å²) in [5.41, 5.74) is 1.21. The van der Waals surface area contributed by atoms with Crippen LogP contribution >= 0.6 is 31.9 Å². The number of hydrogen-bond acceptors (Lipinski definition) is 4. The molecule has 0 fully saturated rings. The Morgan fingerprint density at radius 2 is 1.88 bits per heavy atom. The number of amides is 1. The molecule has 2 aromatic rings. The summed E-state index contributed by atoms with van der Waals surface area (Å²) < 4.78 is 5.12. The van der Waals surface area contributed by atoms with E-state index in [2.05, 4.69) is 37.2 Å². The number of nitro groups is 1. The van der Waals surface area contributed by atoms with Gasteiger partial charge in [0.2, 0.25) is 5.91 Å². The maximum atomic E-state index is 12.4. The molecule has 24 heavy (non-hydrogen) atoms. The Bertz CT molecular complexity index is 740. The molecule has 2 aromatic carbocycles. The van der Waals surface area contributed by atoms with Gasteiger partial charge in [-0.15, -0.1) is 0 Å². The van der Waals surface area contributed by atoms with Crippen molar-refractivity contribution in [3.05, 3.63) is 64.2 Å². The molecule has 1 amide bonds. The normalized spacial score (nSPS) is 13.0. The maximum Gasteiger partial charge on any atom is 0.273 e. The van der Waals surface area contributed by atoms with E-state index in [0.29, 0.717) is 5.69 Å². The lowest BCUT2D eigenvalue weighted by molar-refractivity contribution is -0.384. The number of nitrogens with zero attached hydrogens (tertiary/aromatic N) is 1. The van der Waals surface area contributed by atoms with Crippen molar-refractivity contribution in [2.45, 2.75) is 9.65 Å². The Morgan fingerprint density at radius 3 is 2.46 bits per heavy atom. The Hall–Kier alpha value is -1.93. The van der Waals surface area contributed by atoms with Crippen LogP contribution < -0.4 is 10.1 Å². The molecule has 0 bridgehead atoms. The van der Waals surface area contributed by atoms with Crippen molar-refractivity contribution in [3.8, 4) is 5.75 Å². The maximum absolute atomic E-state index is 12.4. The van der Waals surface area contributed by atoms with Crippen molar-refractivity contribution in [1.82, 2.24) is 0 Å². The first-order valence-electron chi connectivity index (χ1n) is 6.90. The van der Waals surface area contributed by atoms with Gasteiger partial charge in [-0.25, -0.2) is 0 Å². The summed E-state index contributed by atoms with van der Waals surface area (Å²) in [4.78, 5) is 21.9. The topological polar surface area (TPSA) is 81.5 Å². The smallest absolute Gasteiger partial charge is 0.273 e. The number of carbonyl (C=O) groups is 1. The highest BCUT2D eigenvalue weighted by molar-refractivity contribution is 9.12. The van der Waals surface area contributed by atoms with Crippen LogP contribution in [0.2, 0.25) is 0 Å². The molecule has 0 aliphatic carbocycles. The lowest BCUT2D eigenvalue weighted by Gasteiger charge is -2.18. The number of nitro benzene ring substituents is 1. The van der Waals surface area contributed by atoms with Gasteiger partial charge in [-0.2, -0.15) is 0 Å². The first-order chi connectivity index (χ1) is 11.4. The summed E-state index contributed by atoms with van der Waals surface area (Å²) >= 11 is 6.88. The molecule has 0 radical (unpaired) electrons. The molecule has 0 saturated carbocycles. The van der Waals surface area contributed by atoms with Gasteiger partial charge in [0.15, 0.2) is 0 Å². The number of carbonyl (C=O) groups excluding carboxylic acids is 1. The minimum Gasteiger partial charge on any atom is -0.494 e. The third-order valence-corrected chi connectivity index (χ3v) is 5.99. The van der Waals surface area contributed by atoms with Crippen molar-refractivity contribution < 1.29 is 14.5 Å². The molecule has 2 atom stereocenters. The van der Waals surface area contributed by atoms with Crippen LogP contribution in [0, 0.1) is 10.1 Å². The number of anilines is 1. The standard InChI is InChI=1S/C16H14Br2N2O4/c1-24-13-9-11(20(22)23)7-8-12(13)19-16(21)15(18)14(17)10-5-3-2-4-6-10/h2-9,14-15H,1H3,(H,19,21)/t14-,15-/m0/s1. The summed E-state index contributed by atoms with van der Waals surface area (Å²) in [6, 6.07) is 13.5. The molecule has 2 rings (SSSR count). The van der Waals surface area contributed by atoms with Crippen LogP contribution in [0.4, 0.5) is 11.4 Å². The summed E-state index contributed by atoms with van der Waals surface area (Å²) in [7, 11) is 1.39. The van der Waals surface area contributed by atoms with E-state index in [4.69, 9.17) is 4.74 Å². The average Bonchev–Trinajstić information content (AvgIpc) is 2.61. The fraction of sp³-hybridized carbons (Fsp3) is 0.188. The van der Waals surface area contributed by atoms with Gasteiger partial charge in [0.25, 0.3) is 5.69 Å². The minimum absolute atomic E-state index is 0.108. The predicted octanol–water partition coefficient (Wildman–Crippen LogP) is 4.44. The number of rotatable bonds is 6. The highest BCUT2D eigenvalue weighted by Crippen LogP contribution is 2.34. The summed E-state index contributed by atoms with van der Waals surface area (Å²) in [5.74, 6) is -0.0732. The highest BCUT2D eigenvalue weighted by Gasteiger charge is 2.26. The van der Waals surface area contributed by atoms with E-state index in [1.807, 2.05) is 30.3 Å². The Morgan fingerprint density at radius 1 is 1.21 bits per heavy atom. The Balaban J connectivity index is 2.15. The van der Waals surface area contributed by atoms with Crippen LogP contribution in [0.1, 0.15) is 10.4 Å². The zero-order valence-corrected chi connectivity index (χ0v) is 15.8. The lowest BCUT2D eigenvalue weighted by Crippen LogP contribution is -2.26. The molecule has 126 valence electrons. The number of non-ortho nitro benzene ring substituents is 1. The second-order valence-electron chi connectivity index (χ2n) is 4.85. The zero-order chi connectivity index (χ0) is 17.7. The molecule has 0 heterocycles. The first kappa shape index (κ1) is 18.4. The number of methoxy groups -OCH3 is 1. The number of nitrogens with one attached hydrogen (secondary N) is 1. The number of halogens is 2. The van der Waals surface area contributed by atoms with E-state index in [-0.39, 0.29) is 22.2 Å². The largest absolute Gasteiger partial charge is 0.494 e. The summed E-state index contributed by atoms with van der Waals surface area (Å²) in [6.07, 6.45) is 0. The third kappa shape index (κ3) is 4.33. The summed E-state index contributed by atoms with van der Waals surface area (Å²) in [5, 5.41) is 13.5. The molecule has 0 aromatic heterocycles. The SMILES string of the molecule is COc1cc([N+](=O)[O-])ccc1NC(=O)[C@@H](Br)[C@@H](Br)c1ccccc1. The number of ether oxygens (including phenoxy) is 1. The van der Waals surface area contributed by atoms with E-state index in [0.717, 1.165) is 5.56 Å². The quantitative estimate of drug-likeness (QED) is 0.395. The molecule has 0 aliphatic rings. The number of alkyl halides is 2. The van der Waals surface area contributed by atoms with Gasteiger partial charge in [-0.3, -0.25) is 14.9 Å². The van der Waals surface area contributed by atoms with Gasteiger partial charge < -0.3 is 10.1 Å². The van der Waals surface area contributed by atoms with Gasteiger partial charge in [-0.1, -0.05) is 62.2 Å². The molecule has 0 spiro atoms. The molecule has 0 aliphatic heterocycles. The second kappa shape index (κ2) is 8.25. The predicted molar refractivity (Wildman–Crippen MR) is 99.1 cm³/mol. The van der Waals surface area contributed by atoms with Gasteiger partial charge in [0, 0.05) is 6.07 Å². The van der Waals surface area contributed by atoms with E-state index in [1.54, 1.807) is 0 Å².